The zero-order chi connectivity index (χ0) is 22.3. The lowest BCUT2D eigenvalue weighted by molar-refractivity contribution is 0.463. The van der Waals surface area contributed by atoms with Gasteiger partial charge in [-0.3, -0.25) is 18.6 Å². The zero-order valence-electron chi connectivity index (χ0n) is 16.7. The molecule has 2 heterocycles. The number of pyridine rings is 1. The van der Waals surface area contributed by atoms with Crippen LogP contribution in [-0.2, 0) is 16.6 Å². The first kappa shape index (κ1) is 22.2. The molecule has 1 aromatic carbocycles. The van der Waals surface area contributed by atoms with Crippen LogP contribution in [-0.4, -0.2) is 39.3 Å². The number of amidine groups is 1. The number of nitrogens with zero attached hydrogens (tertiary/aromatic N) is 2. The number of aromatic hydroxyl groups is 1. The van der Waals surface area contributed by atoms with Crippen LogP contribution in [0.1, 0.15) is 25.8 Å². The minimum atomic E-state index is -3.76. The molecule has 0 unspecified atom stereocenters. The highest BCUT2D eigenvalue weighted by atomic mass is 32.3. The molecule has 0 atom stereocenters. The highest BCUT2D eigenvalue weighted by Crippen LogP contribution is 2.56. The molecule has 0 radical (unpaired) electrons. The lowest BCUT2D eigenvalue weighted by Gasteiger charge is -2.34. The smallest absolute Gasteiger partial charge is 0.265 e. The predicted octanol–water partition coefficient (Wildman–Crippen LogP) is 2.87. The maximum Gasteiger partial charge on any atom is 0.265 e. The van der Waals surface area contributed by atoms with E-state index in [0.29, 0.717) is 12.5 Å². The van der Waals surface area contributed by atoms with Crippen molar-refractivity contribution in [1.82, 2.24) is 4.57 Å². The van der Waals surface area contributed by atoms with Gasteiger partial charge in [0.1, 0.15) is 16.2 Å². The van der Waals surface area contributed by atoms with E-state index in [1.165, 1.54) is 35.0 Å². The molecule has 2 aromatic rings. The Balaban J connectivity index is 2.03. The fraction of sp³-hybridized carbons (Fsp3) is 0.333. The largest absolute Gasteiger partial charge is 0.507 e. The second-order valence-electron chi connectivity index (χ2n) is 7.43. The summed E-state index contributed by atoms with van der Waals surface area (Å²) in [5, 5.41) is 13.1. The van der Waals surface area contributed by atoms with Crippen molar-refractivity contribution in [2.75, 3.05) is 16.3 Å². The number of hydrogen-bond donors (Lipinski definition) is 5. The number of sulfonamides is 1. The third-order valence-corrected chi connectivity index (χ3v) is 6.35. The fourth-order valence-corrected chi connectivity index (χ4v) is 4.67. The summed E-state index contributed by atoms with van der Waals surface area (Å²) in [4.78, 5) is 12.9. The van der Waals surface area contributed by atoms with Crippen LogP contribution in [0.15, 0.2) is 44.6 Å². The first-order chi connectivity index (χ1) is 13.9. The average molecular weight is 457 g/mol. The van der Waals surface area contributed by atoms with Gasteiger partial charge < -0.3 is 15.0 Å². The topological polar surface area (TPSA) is 153 Å². The van der Waals surface area contributed by atoms with Crippen LogP contribution in [0.3, 0.4) is 0 Å². The third kappa shape index (κ3) is 4.78. The fourth-order valence-electron chi connectivity index (χ4n) is 2.93. The lowest BCUT2D eigenvalue weighted by atomic mass is 10.1. The highest BCUT2D eigenvalue weighted by molar-refractivity contribution is 8.23. The quantitative estimate of drug-likeness (QED) is 0.448. The van der Waals surface area contributed by atoms with E-state index in [2.05, 4.69) is 14.4 Å². The molecule has 0 saturated heterocycles. The standard InChI is InChI=1S/C18H24N4O6S2/c1-11(2)6-8-22-9-7-14(23)16(18(22)24)17-19-13-5-4-12(20-29(3,25)26)10-15(13)30(27,28)21-17/h4-5,7,9-11,20,23,27-28H,6,8H2,1-3H3,(H,19,21). The summed E-state index contributed by atoms with van der Waals surface area (Å²) < 4.78 is 51.5. The summed E-state index contributed by atoms with van der Waals surface area (Å²) in [6, 6.07) is 5.46. The molecule has 0 spiro atoms. The van der Waals surface area contributed by atoms with Gasteiger partial charge in [0.05, 0.1) is 17.6 Å². The van der Waals surface area contributed by atoms with Crippen LogP contribution in [0, 0.1) is 5.92 Å². The van der Waals surface area contributed by atoms with Gasteiger partial charge in [0, 0.05) is 12.7 Å². The second-order valence-corrected chi connectivity index (χ2v) is 10.8. The van der Waals surface area contributed by atoms with Crippen LogP contribution in [0.5, 0.6) is 5.75 Å². The zero-order valence-corrected chi connectivity index (χ0v) is 18.3. The van der Waals surface area contributed by atoms with Gasteiger partial charge in [-0.25, -0.2) is 8.42 Å². The molecular weight excluding hydrogens is 432 g/mol. The van der Waals surface area contributed by atoms with E-state index in [4.69, 9.17) is 0 Å². The Morgan fingerprint density at radius 1 is 1.27 bits per heavy atom. The van der Waals surface area contributed by atoms with Gasteiger partial charge in [0.25, 0.3) is 5.56 Å². The molecule has 3 rings (SSSR count). The van der Waals surface area contributed by atoms with E-state index in [-0.39, 0.29) is 33.4 Å². The van der Waals surface area contributed by atoms with Crippen LogP contribution >= 0.6 is 10.8 Å². The molecule has 5 N–H and O–H groups in total. The van der Waals surface area contributed by atoms with Crippen molar-refractivity contribution in [3.05, 3.63) is 46.4 Å². The molecule has 1 aliphatic heterocycles. The number of fused-ring (bicyclic) bond motifs is 1. The van der Waals surface area contributed by atoms with Crippen molar-refractivity contribution < 1.29 is 22.6 Å². The van der Waals surface area contributed by atoms with Crippen molar-refractivity contribution >= 4 is 38.0 Å². The Morgan fingerprint density at radius 2 is 1.97 bits per heavy atom. The summed E-state index contributed by atoms with van der Waals surface area (Å²) in [5.41, 5.74) is -0.327. The first-order valence-electron chi connectivity index (χ1n) is 9.07. The molecule has 0 saturated carbocycles. The molecule has 0 bridgehead atoms. The van der Waals surface area contributed by atoms with Crippen molar-refractivity contribution in [2.45, 2.75) is 31.7 Å². The van der Waals surface area contributed by atoms with Gasteiger partial charge in [-0.1, -0.05) is 24.6 Å². The van der Waals surface area contributed by atoms with Gasteiger partial charge in [0.2, 0.25) is 10.0 Å². The molecule has 0 fully saturated rings. The van der Waals surface area contributed by atoms with E-state index in [1.54, 1.807) is 0 Å². The highest BCUT2D eigenvalue weighted by Gasteiger charge is 2.29. The minimum Gasteiger partial charge on any atom is -0.507 e. The maximum absolute atomic E-state index is 12.9. The molecular formula is C18H24N4O6S2. The van der Waals surface area contributed by atoms with E-state index in [0.717, 1.165) is 12.7 Å². The van der Waals surface area contributed by atoms with E-state index in [9.17, 15) is 27.4 Å². The van der Waals surface area contributed by atoms with Gasteiger partial charge >= 0.3 is 0 Å². The second kappa shape index (κ2) is 7.95. The summed E-state index contributed by atoms with van der Waals surface area (Å²) >= 11 is 0. The molecule has 0 amide bonds. The predicted molar refractivity (Wildman–Crippen MR) is 118 cm³/mol. The molecule has 10 nitrogen and oxygen atoms in total. The Morgan fingerprint density at radius 3 is 2.60 bits per heavy atom. The number of rotatable bonds is 6. The van der Waals surface area contributed by atoms with Crippen LogP contribution in [0.2, 0.25) is 0 Å². The summed E-state index contributed by atoms with van der Waals surface area (Å²) in [7, 11) is -7.32. The molecule has 1 aromatic heterocycles. The normalized spacial score (nSPS) is 16.4. The maximum atomic E-state index is 12.9. The Labute approximate surface area is 175 Å². The van der Waals surface area contributed by atoms with Gasteiger partial charge in [-0.2, -0.15) is 0 Å². The Bertz CT molecular complexity index is 1170. The molecule has 1 aliphatic rings. The lowest BCUT2D eigenvalue weighted by Crippen LogP contribution is -2.31. The summed E-state index contributed by atoms with van der Waals surface area (Å²) in [6.07, 6.45) is 3.20. The van der Waals surface area contributed by atoms with Crippen LogP contribution < -0.4 is 15.6 Å². The van der Waals surface area contributed by atoms with Gasteiger partial charge in [-0.15, -0.1) is 4.40 Å². The Hall–Kier alpha value is -2.54. The molecule has 12 heteroatoms. The first-order valence-corrected chi connectivity index (χ1v) is 12.5. The molecule has 164 valence electrons. The van der Waals surface area contributed by atoms with Crippen molar-refractivity contribution in [3.63, 3.8) is 0 Å². The van der Waals surface area contributed by atoms with E-state index >= 15 is 0 Å². The van der Waals surface area contributed by atoms with Crippen LogP contribution in [0.4, 0.5) is 11.4 Å². The third-order valence-electron chi connectivity index (χ3n) is 4.38. The van der Waals surface area contributed by atoms with E-state index < -0.39 is 26.4 Å². The van der Waals surface area contributed by atoms with Crippen LogP contribution in [0.25, 0.3) is 0 Å². The number of aryl methyl sites for hydroxylation is 1. The van der Waals surface area contributed by atoms with Crippen molar-refractivity contribution in [3.8, 4) is 5.75 Å². The summed E-state index contributed by atoms with van der Waals surface area (Å²) in [5.74, 6) is -0.151. The monoisotopic (exact) mass is 456 g/mol. The van der Waals surface area contributed by atoms with Crippen molar-refractivity contribution in [1.29, 1.82) is 0 Å². The Kier molecular flexibility index (Phi) is 5.87. The summed E-state index contributed by atoms with van der Waals surface area (Å²) in [6.45, 7) is 4.49. The van der Waals surface area contributed by atoms with E-state index in [1.807, 2.05) is 13.8 Å². The number of hydrogen-bond acceptors (Lipinski definition) is 8. The molecule has 0 aliphatic carbocycles. The minimum absolute atomic E-state index is 0.0320. The average Bonchev–Trinajstić information content (AvgIpc) is 2.60. The van der Waals surface area contributed by atoms with Gasteiger partial charge in [0.15, 0.2) is 5.84 Å². The SMILES string of the molecule is CC(C)CCn1ccc(O)c(C2=NS(O)(O)c3cc(NS(C)(=O)=O)ccc3N2)c1=O. The van der Waals surface area contributed by atoms with Gasteiger partial charge in [-0.05, 0) is 36.6 Å². The number of aromatic nitrogens is 1. The number of nitrogens with one attached hydrogen (secondary N) is 2. The number of anilines is 2. The van der Waals surface area contributed by atoms with Crippen molar-refractivity contribution in [2.24, 2.45) is 10.3 Å². The molecule has 30 heavy (non-hydrogen) atoms. The number of benzene rings is 1.